The Labute approximate surface area is 754 Å². The number of rotatable bonds is 4. The van der Waals surface area contributed by atoms with Crippen molar-refractivity contribution in [3.05, 3.63) is 449 Å². The zero-order valence-corrected chi connectivity index (χ0v) is 70.7. The topological polar surface area (TPSA) is 22.8 Å². The van der Waals surface area contributed by atoms with Crippen molar-refractivity contribution in [3.63, 3.8) is 0 Å². The van der Waals surface area contributed by atoms with Crippen molar-refractivity contribution in [2.24, 2.45) is 0 Å². The van der Waals surface area contributed by atoms with E-state index in [1.54, 1.807) is 0 Å². The van der Waals surface area contributed by atoms with Crippen LogP contribution >= 0.6 is 0 Å². The van der Waals surface area contributed by atoms with Gasteiger partial charge in [0.05, 0.1) is 22.1 Å². The molecule has 0 fully saturated rings. The van der Waals surface area contributed by atoms with Crippen LogP contribution in [0.3, 0.4) is 0 Å². The minimum absolute atomic E-state index is 0.0111. The van der Waals surface area contributed by atoms with Gasteiger partial charge in [-0.3, -0.25) is 0 Å². The van der Waals surface area contributed by atoms with Gasteiger partial charge in [-0.2, -0.15) is 0 Å². The van der Waals surface area contributed by atoms with Gasteiger partial charge in [-0.15, -0.1) is 0 Å². The summed E-state index contributed by atoms with van der Waals surface area (Å²) in [5.41, 5.74) is 53.0. The minimum atomic E-state index is -0.0111. The van der Waals surface area contributed by atoms with E-state index in [1.807, 2.05) is 0 Å². The largest absolute Gasteiger partial charge is 0.376 e. The first-order valence-electron chi connectivity index (χ1n) is 45.5. The first-order chi connectivity index (χ1) is 64.6. The molecule has 0 radical (unpaired) electrons. The van der Waals surface area contributed by atoms with Crippen LogP contribution in [0.1, 0.15) is 0 Å². The second-order valence-corrected chi connectivity index (χ2v) is 35.9. The number of fused-ring (bicyclic) bond motifs is 50. The smallest absolute Gasteiger partial charge is 0.329 e. The SMILES string of the molecule is c1ccc(-c2ccc3c(c2)-c2ccccc2B2c4ccccc4-c4cc5c(cc4N23)-c2ccccc2B2c3ccccc3-c3cc(-c4ccccc4)ccc3N25)cc1.c1ccc2c(c1)B1c3ccccc3-c3cc4c(cc3N1c1ccc(-n3c5ccccc5c5ccccc53)cc1-2)-c1ccccc1B1c2ccccc2-c2cc(-n3c5ccccc5c5ccccc53)ccc2N14. The molecule has 6 nitrogen and oxygen atoms in total. The summed E-state index contributed by atoms with van der Waals surface area (Å²) < 4.78 is 4.90. The molecule has 30 rings (SSSR count). The Kier molecular flexibility index (Phi) is 15.2. The Morgan fingerprint density at radius 1 is 0.131 bits per heavy atom. The fourth-order valence-corrected chi connectivity index (χ4v) is 24.2. The predicted molar refractivity (Wildman–Crippen MR) is 550 cm³/mol. The van der Waals surface area contributed by atoms with E-state index in [4.69, 9.17) is 0 Å². The van der Waals surface area contributed by atoms with Gasteiger partial charge >= 0.3 is 27.4 Å². The molecule has 8 aliphatic heterocycles. The highest BCUT2D eigenvalue weighted by Gasteiger charge is 2.50. The molecule has 0 aliphatic carbocycles. The maximum Gasteiger partial charge on any atom is 0.329 e. The maximum atomic E-state index is 2.66. The summed E-state index contributed by atoms with van der Waals surface area (Å²) in [6.45, 7) is 0.0585. The van der Waals surface area contributed by atoms with Crippen molar-refractivity contribution in [1.82, 2.24) is 9.13 Å². The summed E-state index contributed by atoms with van der Waals surface area (Å²) in [6, 6.07) is 168. The van der Waals surface area contributed by atoms with Crippen molar-refractivity contribution < 1.29 is 0 Å². The summed E-state index contributed by atoms with van der Waals surface area (Å²) in [6.07, 6.45) is 0. The number of hydrogen-bond acceptors (Lipinski definition) is 4. The molecule has 0 unspecified atom stereocenters. The Morgan fingerprint density at radius 3 is 0.585 bits per heavy atom. The van der Waals surface area contributed by atoms with Crippen LogP contribution in [0.5, 0.6) is 0 Å². The third kappa shape index (κ3) is 10.1. The van der Waals surface area contributed by atoms with Crippen LogP contribution in [0.15, 0.2) is 449 Å². The molecule has 0 bridgehead atoms. The summed E-state index contributed by atoms with van der Waals surface area (Å²) in [4.78, 5) is 10.6. The lowest BCUT2D eigenvalue weighted by molar-refractivity contribution is 1.18. The quantitative estimate of drug-likeness (QED) is 0.164. The van der Waals surface area contributed by atoms with Crippen molar-refractivity contribution >= 4 is 160 Å². The minimum Gasteiger partial charge on any atom is -0.376 e. The molecule has 10 heterocycles. The van der Waals surface area contributed by atoms with Crippen LogP contribution in [0.25, 0.3) is 166 Å². The lowest BCUT2D eigenvalue weighted by Gasteiger charge is -2.46. The van der Waals surface area contributed by atoms with Crippen molar-refractivity contribution in [1.29, 1.82) is 0 Å². The molecule has 2 aromatic heterocycles. The van der Waals surface area contributed by atoms with Crippen LogP contribution in [0.2, 0.25) is 0 Å². The van der Waals surface area contributed by atoms with Gasteiger partial charge in [-0.25, -0.2) is 0 Å². The van der Waals surface area contributed by atoms with Crippen molar-refractivity contribution in [2.45, 2.75) is 0 Å². The van der Waals surface area contributed by atoms with E-state index in [1.165, 1.54) is 244 Å². The highest BCUT2D eigenvalue weighted by molar-refractivity contribution is 6.95. The van der Waals surface area contributed by atoms with Gasteiger partial charge in [-0.1, -0.05) is 340 Å². The maximum absolute atomic E-state index is 2.66. The number of para-hydroxylation sites is 4. The van der Waals surface area contributed by atoms with Crippen molar-refractivity contribution in [3.8, 4) is 123 Å². The molecule has 20 aromatic carbocycles. The second kappa shape index (κ2) is 27.5. The number of anilines is 8. The number of benzene rings is 20. The molecule has 22 aromatic rings. The Bertz CT molecular complexity index is 8060. The zero-order valence-electron chi connectivity index (χ0n) is 70.7. The highest BCUT2D eigenvalue weighted by atomic mass is 15.1. The normalized spacial score (nSPS) is 13.4. The predicted octanol–water partition coefficient (Wildman–Crippen LogP) is 24.5. The third-order valence-electron chi connectivity index (χ3n) is 29.5. The summed E-state index contributed by atoms with van der Waals surface area (Å²) in [7, 11) is 0. The van der Waals surface area contributed by atoms with Crippen molar-refractivity contribution in [2.75, 3.05) is 19.2 Å². The van der Waals surface area contributed by atoms with E-state index in [0.29, 0.717) is 0 Å². The Balaban J connectivity index is 0.000000131. The molecular formula is C120H74B4N6. The molecule has 0 saturated carbocycles. The Morgan fingerprint density at radius 2 is 0.331 bits per heavy atom. The standard InChI is InChI=1S/C66H40B2N4.C54H34B2N2/c1-9-25-55-43(17-1)51-37-41(69-59-29-13-5-21-47(59)48-22-6-14-30-60(48)69)33-35-63(51)71-65-39-54-46-20-4-12-28-58(46)68-56-26-10-2-18-44(56)52-38-42(70-61-31-15-7-23-49(61)50-24-8-16-32-62(50)70)34-36-64(52)72(68)66(54)40-53(65)45-19-3-11-27-57(45)67(55)71;1-3-15-35(16-4-1)37-27-29-51-43(31-37)39-19-7-11-23-47(39)55-49-25-13-9-21-41(49)45-34-54-46(33-53(45)57(51)55)42-22-10-14-26-50(42)56-48-24-12-8-20-40(48)44-32-38(28-30-52(44)58(54)56)36-17-5-2-6-18-36/h1-40H;1-34H. The second-order valence-electron chi connectivity index (χ2n) is 35.9. The molecule has 0 saturated heterocycles. The third-order valence-corrected chi connectivity index (χ3v) is 29.5. The average Bonchev–Trinajstić information content (AvgIpc) is 1.54. The first-order valence-corrected chi connectivity index (χ1v) is 45.5. The average molecular weight is 1640 g/mol. The van der Waals surface area contributed by atoms with Gasteiger partial charge < -0.3 is 28.4 Å². The number of hydrogen-bond donors (Lipinski definition) is 0. The number of nitrogens with zero attached hydrogens (tertiary/aromatic N) is 6. The lowest BCUT2D eigenvalue weighted by atomic mass is 9.42. The zero-order chi connectivity index (χ0) is 84.7. The lowest BCUT2D eigenvalue weighted by Crippen LogP contribution is -2.60. The van der Waals surface area contributed by atoms with Gasteiger partial charge in [0, 0.05) is 123 Å². The van der Waals surface area contributed by atoms with E-state index in [2.05, 4.69) is 477 Å². The molecular weight excluding hydrogens is 1570 g/mol. The van der Waals surface area contributed by atoms with E-state index in [9.17, 15) is 0 Å². The molecule has 130 heavy (non-hydrogen) atoms. The van der Waals surface area contributed by atoms with Gasteiger partial charge in [0.15, 0.2) is 0 Å². The fraction of sp³-hybridized carbons (Fsp3) is 0. The monoisotopic (exact) mass is 1640 g/mol. The van der Waals surface area contributed by atoms with E-state index >= 15 is 0 Å². The Hall–Kier alpha value is -16.5. The van der Waals surface area contributed by atoms with Crippen LogP contribution in [0.4, 0.5) is 45.5 Å². The molecule has 0 spiro atoms. The van der Waals surface area contributed by atoms with Gasteiger partial charge in [-0.05, 0) is 220 Å². The highest BCUT2D eigenvalue weighted by Crippen LogP contribution is 2.58. The van der Waals surface area contributed by atoms with Crippen LogP contribution in [-0.2, 0) is 0 Å². The molecule has 8 aliphatic rings. The van der Waals surface area contributed by atoms with Gasteiger partial charge in [0.2, 0.25) is 0 Å². The molecule has 0 atom stereocenters. The van der Waals surface area contributed by atoms with E-state index in [-0.39, 0.29) is 27.4 Å². The van der Waals surface area contributed by atoms with Gasteiger partial charge in [0.1, 0.15) is 0 Å². The fourth-order valence-electron chi connectivity index (χ4n) is 24.2. The van der Waals surface area contributed by atoms with Crippen LogP contribution < -0.4 is 62.9 Å². The molecule has 10 heteroatoms. The van der Waals surface area contributed by atoms with E-state index in [0.717, 1.165) is 11.4 Å². The van der Waals surface area contributed by atoms with Crippen LogP contribution in [-0.4, -0.2) is 36.5 Å². The molecule has 0 N–H and O–H groups in total. The summed E-state index contributed by atoms with van der Waals surface area (Å²) >= 11 is 0. The number of aromatic nitrogens is 2. The van der Waals surface area contributed by atoms with E-state index < -0.39 is 0 Å². The molecule has 596 valence electrons. The summed E-state index contributed by atoms with van der Waals surface area (Å²) in [5, 5.41) is 5.07. The van der Waals surface area contributed by atoms with Crippen LogP contribution in [0, 0.1) is 0 Å². The summed E-state index contributed by atoms with van der Waals surface area (Å²) in [5.74, 6) is 0. The molecule has 0 amide bonds. The first kappa shape index (κ1) is 71.7. The van der Waals surface area contributed by atoms with Gasteiger partial charge in [0.25, 0.3) is 0 Å².